The van der Waals surface area contributed by atoms with Crippen molar-refractivity contribution < 1.29 is 14.7 Å². The van der Waals surface area contributed by atoms with Crippen LogP contribution in [0.5, 0.6) is 0 Å². The maximum atomic E-state index is 12.3. The molecule has 5 nitrogen and oxygen atoms in total. The van der Waals surface area contributed by atoms with Gasteiger partial charge in [-0.25, -0.2) is 0 Å². The van der Waals surface area contributed by atoms with Crippen molar-refractivity contribution in [2.24, 2.45) is 5.92 Å². The number of hydrogen-bond acceptors (Lipinski definition) is 4. The molecule has 102 valence electrons. The number of piperidine rings is 1. The predicted molar refractivity (Wildman–Crippen MR) is 70.7 cm³/mol. The summed E-state index contributed by atoms with van der Waals surface area (Å²) in [5, 5.41) is 12.3. The summed E-state index contributed by atoms with van der Waals surface area (Å²) >= 11 is 1.80. The van der Waals surface area contributed by atoms with E-state index in [1.165, 1.54) is 0 Å². The molecule has 0 aromatic carbocycles. The van der Waals surface area contributed by atoms with Gasteiger partial charge < -0.3 is 15.3 Å². The van der Waals surface area contributed by atoms with Crippen LogP contribution in [0.4, 0.5) is 0 Å². The van der Waals surface area contributed by atoms with Crippen molar-refractivity contribution in [2.45, 2.75) is 31.8 Å². The van der Waals surface area contributed by atoms with E-state index in [0.29, 0.717) is 19.4 Å². The molecule has 0 saturated carbocycles. The molecule has 2 rings (SSSR count). The number of amides is 1. The zero-order valence-electron chi connectivity index (χ0n) is 10.6. The van der Waals surface area contributed by atoms with Gasteiger partial charge in [0.2, 0.25) is 5.91 Å². The molecular weight excluding hydrogens is 252 g/mol. The Bertz CT molecular complexity index is 331. The van der Waals surface area contributed by atoms with Gasteiger partial charge in [0, 0.05) is 30.6 Å². The average molecular weight is 272 g/mol. The SMILES string of the molecule is CC1CC(C(=O)O)CCN1C(=O)C1CSCCN1. The summed E-state index contributed by atoms with van der Waals surface area (Å²) in [6.45, 7) is 3.39. The Kier molecular flexibility index (Phi) is 4.50. The van der Waals surface area contributed by atoms with Gasteiger partial charge in [-0.1, -0.05) is 0 Å². The monoisotopic (exact) mass is 272 g/mol. The predicted octanol–water partition coefficient (Wildman–Crippen LogP) is 0.403. The fraction of sp³-hybridized carbons (Fsp3) is 0.833. The molecule has 2 aliphatic rings. The average Bonchev–Trinajstić information content (AvgIpc) is 2.38. The number of nitrogens with one attached hydrogen (secondary N) is 1. The second-order valence-corrected chi connectivity index (χ2v) is 6.17. The molecule has 2 fully saturated rings. The first-order chi connectivity index (χ1) is 8.59. The first-order valence-electron chi connectivity index (χ1n) is 6.44. The molecule has 2 heterocycles. The molecule has 0 aliphatic carbocycles. The molecule has 18 heavy (non-hydrogen) atoms. The number of hydrogen-bond donors (Lipinski definition) is 2. The minimum absolute atomic E-state index is 0.0288. The normalized spacial score (nSPS) is 33.2. The van der Waals surface area contributed by atoms with Crippen LogP contribution >= 0.6 is 11.8 Å². The highest BCUT2D eigenvalue weighted by Crippen LogP contribution is 2.24. The standard InChI is InChI=1S/C12H20N2O3S/c1-8-6-9(12(16)17)2-4-14(8)11(15)10-7-18-5-3-13-10/h8-10,13H,2-7H2,1H3,(H,16,17). The highest BCUT2D eigenvalue weighted by molar-refractivity contribution is 7.99. The summed E-state index contributed by atoms with van der Waals surface area (Å²) in [6, 6.07) is -0.0614. The van der Waals surface area contributed by atoms with Crippen LogP contribution in [0, 0.1) is 5.92 Å². The zero-order chi connectivity index (χ0) is 13.1. The van der Waals surface area contributed by atoms with E-state index in [2.05, 4.69) is 5.32 Å². The van der Waals surface area contributed by atoms with Crippen molar-refractivity contribution in [1.29, 1.82) is 0 Å². The molecule has 0 bridgehead atoms. The zero-order valence-corrected chi connectivity index (χ0v) is 11.4. The van der Waals surface area contributed by atoms with Crippen molar-refractivity contribution in [1.82, 2.24) is 10.2 Å². The first kappa shape index (κ1) is 13.7. The highest BCUT2D eigenvalue weighted by atomic mass is 32.2. The fourth-order valence-electron chi connectivity index (χ4n) is 2.65. The van der Waals surface area contributed by atoms with E-state index in [9.17, 15) is 9.59 Å². The number of thioether (sulfide) groups is 1. The van der Waals surface area contributed by atoms with Crippen molar-refractivity contribution in [3.8, 4) is 0 Å². The number of carboxylic acid groups (broad SMARTS) is 1. The Morgan fingerprint density at radius 1 is 1.44 bits per heavy atom. The minimum atomic E-state index is -0.736. The number of nitrogens with zero attached hydrogens (tertiary/aromatic N) is 1. The van der Waals surface area contributed by atoms with E-state index in [1.807, 2.05) is 11.8 Å². The van der Waals surface area contributed by atoms with E-state index in [0.717, 1.165) is 18.1 Å². The Labute approximate surface area is 111 Å². The van der Waals surface area contributed by atoms with Crippen LogP contribution in [0.3, 0.4) is 0 Å². The Morgan fingerprint density at radius 2 is 2.22 bits per heavy atom. The molecule has 2 N–H and O–H groups in total. The van der Waals surface area contributed by atoms with Crippen LogP contribution in [-0.4, -0.2) is 58.6 Å². The topological polar surface area (TPSA) is 69.6 Å². The number of rotatable bonds is 2. The van der Waals surface area contributed by atoms with Gasteiger partial charge >= 0.3 is 5.97 Å². The fourth-order valence-corrected chi connectivity index (χ4v) is 3.57. The summed E-state index contributed by atoms with van der Waals surface area (Å²) in [5.41, 5.74) is 0. The molecule has 3 unspecified atom stereocenters. The van der Waals surface area contributed by atoms with Crippen LogP contribution in [-0.2, 0) is 9.59 Å². The van der Waals surface area contributed by atoms with Gasteiger partial charge in [0.25, 0.3) is 0 Å². The third-order valence-electron chi connectivity index (χ3n) is 3.73. The van der Waals surface area contributed by atoms with Crippen LogP contribution in [0.15, 0.2) is 0 Å². The highest BCUT2D eigenvalue weighted by Gasteiger charge is 2.35. The molecule has 2 aliphatic heterocycles. The van der Waals surface area contributed by atoms with Gasteiger partial charge in [-0.15, -0.1) is 0 Å². The molecule has 2 saturated heterocycles. The number of carbonyl (C=O) groups is 2. The van der Waals surface area contributed by atoms with E-state index < -0.39 is 5.97 Å². The Balaban J connectivity index is 1.93. The van der Waals surface area contributed by atoms with Crippen molar-refractivity contribution >= 4 is 23.6 Å². The van der Waals surface area contributed by atoms with Crippen LogP contribution < -0.4 is 5.32 Å². The van der Waals surface area contributed by atoms with Crippen molar-refractivity contribution in [3.63, 3.8) is 0 Å². The van der Waals surface area contributed by atoms with Crippen LogP contribution in [0.1, 0.15) is 19.8 Å². The summed E-state index contributed by atoms with van der Waals surface area (Å²) < 4.78 is 0. The Hall–Kier alpha value is -0.750. The number of carbonyl (C=O) groups excluding carboxylic acids is 1. The summed E-state index contributed by atoms with van der Waals surface area (Å²) in [4.78, 5) is 25.2. The lowest BCUT2D eigenvalue weighted by Crippen LogP contribution is -2.55. The van der Waals surface area contributed by atoms with E-state index in [-0.39, 0.29) is 23.9 Å². The minimum Gasteiger partial charge on any atom is -0.481 e. The van der Waals surface area contributed by atoms with Crippen molar-refractivity contribution in [3.05, 3.63) is 0 Å². The lowest BCUT2D eigenvalue weighted by atomic mass is 9.91. The van der Waals surface area contributed by atoms with Gasteiger partial charge in [-0.05, 0) is 19.8 Å². The van der Waals surface area contributed by atoms with Gasteiger partial charge in [0.1, 0.15) is 0 Å². The van der Waals surface area contributed by atoms with Gasteiger partial charge in [-0.3, -0.25) is 9.59 Å². The second-order valence-electron chi connectivity index (χ2n) is 5.02. The lowest BCUT2D eigenvalue weighted by molar-refractivity contribution is -0.148. The number of aliphatic carboxylic acids is 1. The van der Waals surface area contributed by atoms with Crippen molar-refractivity contribution in [2.75, 3.05) is 24.6 Å². The molecule has 0 aromatic rings. The van der Waals surface area contributed by atoms with E-state index in [1.54, 1.807) is 11.8 Å². The maximum Gasteiger partial charge on any atom is 0.306 e. The molecular formula is C12H20N2O3S. The Morgan fingerprint density at radius 3 is 2.78 bits per heavy atom. The quantitative estimate of drug-likeness (QED) is 0.761. The molecule has 6 heteroatoms. The van der Waals surface area contributed by atoms with E-state index in [4.69, 9.17) is 5.11 Å². The number of likely N-dealkylation sites (tertiary alicyclic amines) is 1. The second kappa shape index (κ2) is 5.93. The molecule has 3 atom stereocenters. The first-order valence-corrected chi connectivity index (χ1v) is 7.59. The molecule has 1 amide bonds. The van der Waals surface area contributed by atoms with Gasteiger partial charge in [-0.2, -0.15) is 11.8 Å². The summed E-state index contributed by atoms with van der Waals surface area (Å²) in [6.07, 6.45) is 1.15. The molecule has 0 radical (unpaired) electrons. The van der Waals surface area contributed by atoms with Crippen LogP contribution in [0.2, 0.25) is 0 Å². The summed E-state index contributed by atoms with van der Waals surface area (Å²) in [7, 11) is 0. The third kappa shape index (κ3) is 2.98. The van der Waals surface area contributed by atoms with Gasteiger partial charge in [0.15, 0.2) is 0 Å². The van der Waals surface area contributed by atoms with Crippen LogP contribution in [0.25, 0.3) is 0 Å². The number of carboxylic acids is 1. The summed E-state index contributed by atoms with van der Waals surface area (Å²) in [5.74, 6) is 0.988. The van der Waals surface area contributed by atoms with Gasteiger partial charge in [0.05, 0.1) is 12.0 Å². The molecule has 0 aromatic heterocycles. The third-order valence-corrected chi connectivity index (χ3v) is 4.79. The lowest BCUT2D eigenvalue weighted by Gasteiger charge is -2.39. The largest absolute Gasteiger partial charge is 0.481 e. The van der Waals surface area contributed by atoms with E-state index >= 15 is 0 Å². The molecule has 0 spiro atoms. The maximum absolute atomic E-state index is 12.3. The smallest absolute Gasteiger partial charge is 0.306 e.